The van der Waals surface area contributed by atoms with Gasteiger partial charge in [-0.15, -0.1) is 0 Å². The SMILES string of the molecule is CCOc1cc(C(=O)O)cc(C2CCN(C)CC2)c1. The van der Waals surface area contributed by atoms with Crippen LogP contribution in [0.5, 0.6) is 5.75 Å². The van der Waals surface area contributed by atoms with Gasteiger partial charge in [0.05, 0.1) is 12.2 Å². The first-order chi connectivity index (χ1) is 9.10. The summed E-state index contributed by atoms with van der Waals surface area (Å²) >= 11 is 0. The number of benzene rings is 1. The Kier molecular flexibility index (Phi) is 4.43. The molecule has 0 saturated carbocycles. The van der Waals surface area contributed by atoms with Crippen LogP contribution in [0.15, 0.2) is 18.2 Å². The molecule has 1 aliphatic rings. The van der Waals surface area contributed by atoms with Crippen molar-refractivity contribution in [2.24, 2.45) is 0 Å². The number of carboxylic acids is 1. The molecule has 104 valence electrons. The lowest BCUT2D eigenvalue weighted by molar-refractivity contribution is 0.0696. The summed E-state index contributed by atoms with van der Waals surface area (Å²) in [5.74, 6) is 0.210. The van der Waals surface area contributed by atoms with Crippen LogP contribution >= 0.6 is 0 Å². The predicted molar refractivity (Wildman–Crippen MR) is 74.0 cm³/mol. The summed E-state index contributed by atoms with van der Waals surface area (Å²) in [5, 5.41) is 9.18. The lowest BCUT2D eigenvalue weighted by Crippen LogP contribution is -2.29. The summed E-state index contributed by atoms with van der Waals surface area (Å²) < 4.78 is 5.48. The lowest BCUT2D eigenvalue weighted by atomic mass is 9.88. The molecule has 0 amide bonds. The third kappa shape index (κ3) is 3.47. The van der Waals surface area contributed by atoms with Crippen molar-refractivity contribution in [3.05, 3.63) is 29.3 Å². The largest absolute Gasteiger partial charge is 0.494 e. The predicted octanol–water partition coefficient (Wildman–Crippen LogP) is 2.59. The zero-order valence-corrected chi connectivity index (χ0v) is 11.6. The van der Waals surface area contributed by atoms with Gasteiger partial charge in [-0.25, -0.2) is 4.79 Å². The van der Waals surface area contributed by atoms with E-state index in [-0.39, 0.29) is 0 Å². The second-order valence-electron chi connectivity index (χ2n) is 5.11. The maximum absolute atomic E-state index is 11.2. The molecule has 1 N–H and O–H groups in total. The quantitative estimate of drug-likeness (QED) is 0.907. The van der Waals surface area contributed by atoms with Crippen molar-refractivity contribution >= 4 is 5.97 Å². The van der Waals surface area contributed by atoms with Gasteiger partial charge in [0.1, 0.15) is 5.75 Å². The van der Waals surface area contributed by atoms with Gasteiger partial charge in [0.2, 0.25) is 0 Å². The van der Waals surface area contributed by atoms with Gasteiger partial charge >= 0.3 is 5.97 Å². The third-order valence-corrected chi connectivity index (χ3v) is 3.68. The smallest absolute Gasteiger partial charge is 0.335 e. The van der Waals surface area contributed by atoms with E-state index < -0.39 is 5.97 Å². The molecule has 0 aliphatic carbocycles. The molecular formula is C15H21NO3. The topological polar surface area (TPSA) is 49.8 Å². The van der Waals surface area contributed by atoms with Crippen molar-refractivity contribution in [1.29, 1.82) is 0 Å². The first-order valence-electron chi connectivity index (χ1n) is 6.79. The Labute approximate surface area is 114 Å². The first-order valence-corrected chi connectivity index (χ1v) is 6.79. The Morgan fingerprint density at radius 3 is 2.63 bits per heavy atom. The summed E-state index contributed by atoms with van der Waals surface area (Å²) in [7, 11) is 2.12. The Hall–Kier alpha value is -1.55. The fourth-order valence-electron chi connectivity index (χ4n) is 2.57. The molecule has 19 heavy (non-hydrogen) atoms. The number of carbonyl (C=O) groups is 1. The summed E-state index contributed by atoms with van der Waals surface area (Å²) in [6.07, 6.45) is 2.15. The average Bonchev–Trinajstić information content (AvgIpc) is 2.39. The van der Waals surface area contributed by atoms with Crippen molar-refractivity contribution in [2.75, 3.05) is 26.7 Å². The molecule has 1 fully saturated rings. The van der Waals surface area contributed by atoms with Gasteiger partial charge in [0.25, 0.3) is 0 Å². The van der Waals surface area contributed by atoms with E-state index in [9.17, 15) is 9.90 Å². The van der Waals surface area contributed by atoms with E-state index in [1.165, 1.54) is 0 Å². The number of piperidine rings is 1. The number of aromatic carboxylic acids is 1. The average molecular weight is 263 g/mol. The maximum atomic E-state index is 11.2. The van der Waals surface area contributed by atoms with Crippen LogP contribution < -0.4 is 4.74 Å². The van der Waals surface area contributed by atoms with Crippen molar-refractivity contribution in [1.82, 2.24) is 4.90 Å². The van der Waals surface area contributed by atoms with Crippen LogP contribution in [0, 0.1) is 0 Å². The molecule has 1 aromatic carbocycles. The van der Waals surface area contributed by atoms with Crippen LogP contribution in [-0.2, 0) is 0 Å². The summed E-state index contributed by atoms with van der Waals surface area (Å²) in [6, 6.07) is 5.39. The van der Waals surface area contributed by atoms with Gasteiger partial charge < -0.3 is 14.7 Å². The van der Waals surface area contributed by atoms with E-state index in [0.717, 1.165) is 31.5 Å². The molecule has 1 aromatic rings. The Morgan fingerprint density at radius 2 is 2.05 bits per heavy atom. The molecule has 1 aliphatic heterocycles. The third-order valence-electron chi connectivity index (χ3n) is 3.68. The Bertz CT molecular complexity index is 451. The number of nitrogens with zero attached hydrogens (tertiary/aromatic N) is 1. The zero-order valence-electron chi connectivity index (χ0n) is 11.6. The monoisotopic (exact) mass is 263 g/mol. The highest BCUT2D eigenvalue weighted by molar-refractivity contribution is 5.88. The van der Waals surface area contributed by atoms with Crippen LogP contribution in [0.25, 0.3) is 0 Å². The molecule has 0 spiro atoms. The molecule has 4 nitrogen and oxygen atoms in total. The molecule has 0 aromatic heterocycles. The summed E-state index contributed by atoms with van der Waals surface area (Å²) in [4.78, 5) is 13.5. The highest BCUT2D eigenvalue weighted by Gasteiger charge is 2.20. The van der Waals surface area contributed by atoms with E-state index in [4.69, 9.17) is 4.74 Å². The number of hydrogen-bond acceptors (Lipinski definition) is 3. The van der Waals surface area contributed by atoms with Gasteiger partial charge in [-0.3, -0.25) is 0 Å². The molecule has 0 atom stereocenters. The fraction of sp³-hybridized carbons (Fsp3) is 0.533. The summed E-state index contributed by atoms with van der Waals surface area (Å²) in [6.45, 7) is 4.58. The minimum atomic E-state index is -0.893. The van der Waals surface area contributed by atoms with Gasteiger partial charge in [0.15, 0.2) is 0 Å². The van der Waals surface area contributed by atoms with Gasteiger partial charge in [-0.2, -0.15) is 0 Å². The Balaban J connectivity index is 2.25. The van der Waals surface area contributed by atoms with Crippen LogP contribution in [0.3, 0.4) is 0 Å². The zero-order chi connectivity index (χ0) is 13.8. The van der Waals surface area contributed by atoms with E-state index >= 15 is 0 Å². The molecule has 0 unspecified atom stereocenters. The number of likely N-dealkylation sites (tertiary alicyclic amines) is 1. The van der Waals surface area contributed by atoms with Crippen LogP contribution in [0.4, 0.5) is 0 Å². The number of carboxylic acid groups (broad SMARTS) is 1. The van der Waals surface area contributed by atoms with E-state index in [0.29, 0.717) is 23.8 Å². The maximum Gasteiger partial charge on any atom is 0.335 e. The van der Waals surface area contributed by atoms with Crippen molar-refractivity contribution < 1.29 is 14.6 Å². The molecule has 4 heteroatoms. The van der Waals surface area contributed by atoms with Gasteiger partial charge in [0, 0.05) is 0 Å². The molecular weight excluding hydrogens is 242 g/mol. The van der Waals surface area contributed by atoms with Crippen LogP contribution in [-0.4, -0.2) is 42.7 Å². The van der Waals surface area contributed by atoms with Gasteiger partial charge in [-0.05, 0) is 69.6 Å². The van der Waals surface area contributed by atoms with E-state index in [1.54, 1.807) is 12.1 Å². The number of rotatable bonds is 4. The normalized spacial score (nSPS) is 17.4. The number of hydrogen-bond donors (Lipinski definition) is 1. The molecule has 2 rings (SSSR count). The molecule has 0 bridgehead atoms. The Morgan fingerprint density at radius 1 is 1.37 bits per heavy atom. The highest BCUT2D eigenvalue weighted by atomic mass is 16.5. The van der Waals surface area contributed by atoms with Crippen molar-refractivity contribution in [3.63, 3.8) is 0 Å². The highest BCUT2D eigenvalue weighted by Crippen LogP contribution is 2.31. The van der Waals surface area contributed by atoms with Gasteiger partial charge in [-0.1, -0.05) is 0 Å². The van der Waals surface area contributed by atoms with Crippen molar-refractivity contribution in [3.8, 4) is 5.75 Å². The standard InChI is InChI=1S/C15H21NO3/c1-3-19-14-9-12(8-13(10-14)15(17)18)11-4-6-16(2)7-5-11/h8-11H,3-7H2,1-2H3,(H,17,18). The van der Waals surface area contributed by atoms with Crippen LogP contribution in [0.1, 0.15) is 41.6 Å². The van der Waals surface area contributed by atoms with Crippen molar-refractivity contribution in [2.45, 2.75) is 25.7 Å². The minimum Gasteiger partial charge on any atom is -0.494 e. The van der Waals surface area contributed by atoms with E-state index in [2.05, 4.69) is 11.9 Å². The lowest BCUT2D eigenvalue weighted by Gasteiger charge is -2.29. The minimum absolute atomic E-state index is 0.319. The fourth-order valence-corrected chi connectivity index (χ4v) is 2.57. The van der Waals surface area contributed by atoms with E-state index in [1.807, 2.05) is 13.0 Å². The summed E-state index contributed by atoms with van der Waals surface area (Å²) in [5.41, 5.74) is 1.41. The number of ether oxygens (including phenoxy) is 1. The molecule has 0 radical (unpaired) electrons. The first kappa shape index (κ1) is 13.9. The second-order valence-corrected chi connectivity index (χ2v) is 5.11. The van der Waals surface area contributed by atoms with Crippen LogP contribution in [0.2, 0.25) is 0 Å². The molecule has 1 heterocycles. The second kappa shape index (κ2) is 6.06. The molecule has 1 saturated heterocycles.